The fourth-order valence-electron chi connectivity index (χ4n) is 3.63. The summed E-state index contributed by atoms with van der Waals surface area (Å²) in [5.74, 6) is 0.505. The molecular weight excluding hydrogens is 430 g/mol. The molecule has 1 aromatic carbocycles. The summed E-state index contributed by atoms with van der Waals surface area (Å²) in [6.45, 7) is 0.895. The molecule has 0 saturated carbocycles. The van der Waals surface area contributed by atoms with Gasteiger partial charge in [-0.2, -0.15) is 0 Å². The first-order valence-corrected chi connectivity index (χ1v) is 10.8. The molecule has 12 heteroatoms. The fraction of sp³-hybridized carbons (Fsp3) is 0.579. The minimum Gasteiger partial charge on any atom is -0.389 e. The molecule has 1 N–H and O–H groups in total. The second-order valence-corrected chi connectivity index (χ2v) is 8.52. The molecular formula is C19H25N3O8S. The number of aliphatic hydroxyl groups excluding tert-OH is 1. The number of fused-ring (bicyclic) bond motifs is 1. The third-order valence-electron chi connectivity index (χ3n) is 5.16. The van der Waals surface area contributed by atoms with E-state index < -0.39 is 35.6 Å². The molecule has 1 aliphatic heterocycles. The van der Waals surface area contributed by atoms with Crippen molar-refractivity contribution in [3.05, 3.63) is 55.4 Å². The first kappa shape index (κ1) is 23.1. The van der Waals surface area contributed by atoms with Gasteiger partial charge in [-0.1, -0.05) is 18.2 Å². The van der Waals surface area contributed by atoms with Crippen molar-refractivity contribution in [1.82, 2.24) is 4.90 Å². The molecule has 2 heterocycles. The Hall–Kier alpha value is -2.54. The van der Waals surface area contributed by atoms with Gasteiger partial charge in [-0.05, 0) is 49.4 Å². The monoisotopic (exact) mass is 455 g/mol. The zero-order valence-corrected chi connectivity index (χ0v) is 17.6. The highest BCUT2D eigenvalue weighted by Crippen LogP contribution is 2.36. The zero-order valence-electron chi connectivity index (χ0n) is 16.8. The van der Waals surface area contributed by atoms with Crippen molar-refractivity contribution < 1.29 is 29.7 Å². The molecule has 0 spiro atoms. The van der Waals surface area contributed by atoms with Crippen LogP contribution in [0.15, 0.2) is 30.3 Å². The van der Waals surface area contributed by atoms with Crippen molar-refractivity contribution in [3.8, 4) is 0 Å². The number of rotatable bonds is 12. The van der Waals surface area contributed by atoms with Crippen LogP contribution in [0.4, 0.5) is 0 Å². The highest BCUT2D eigenvalue weighted by Gasteiger charge is 2.24. The second kappa shape index (κ2) is 11.2. The SMILES string of the molecule is O=[N+]([O-])OCC(CO[N+](=O)[O-])OC[C@@H](O)CN1CCC(c2cc3ccccc3s2)CC1. The Kier molecular flexibility index (Phi) is 8.35. The van der Waals surface area contributed by atoms with Crippen LogP contribution in [0.2, 0.25) is 0 Å². The Labute approximate surface area is 182 Å². The van der Waals surface area contributed by atoms with E-state index in [0.29, 0.717) is 12.5 Å². The van der Waals surface area contributed by atoms with E-state index in [1.165, 1.54) is 15.0 Å². The summed E-state index contributed by atoms with van der Waals surface area (Å²) in [5.41, 5.74) is 0. The van der Waals surface area contributed by atoms with Gasteiger partial charge >= 0.3 is 0 Å². The number of aliphatic hydroxyl groups is 1. The maximum atomic E-state index is 10.3. The van der Waals surface area contributed by atoms with Crippen molar-refractivity contribution in [1.29, 1.82) is 0 Å². The van der Waals surface area contributed by atoms with Gasteiger partial charge in [0.25, 0.3) is 10.2 Å². The summed E-state index contributed by atoms with van der Waals surface area (Å²) in [7, 11) is 0. The second-order valence-electron chi connectivity index (χ2n) is 7.41. The third-order valence-corrected chi connectivity index (χ3v) is 6.44. The van der Waals surface area contributed by atoms with Gasteiger partial charge < -0.3 is 24.4 Å². The van der Waals surface area contributed by atoms with Gasteiger partial charge in [0.05, 0.1) is 12.7 Å². The summed E-state index contributed by atoms with van der Waals surface area (Å²) in [5, 5.41) is 30.2. The first-order valence-electron chi connectivity index (χ1n) is 9.96. The standard InChI is InChI=1S/C19H25N3O8S/c23-16(11-28-17(12-29-21(24)25)13-30-22(26)27)10-20-7-5-14(6-8-20)19-9-15-3-1-2-4-18(15)31-19/h1-4,9,14,16-17,23H,5-8,10-13H2/t16-/m0/s1. The van der Waals surface area contributed by atoms with Crippen LogP contribution in [0.1, 0.15) is 23.6 Å². The molecule has 3 rings (SSSR count). The lowest BCUT2D eigenvalue weighted by Crippen LogP contribution is -2.41. The van der Waals surface area contributed by atoms with Gasteiger partial charge in [-0.15, -0.1) is 31.6 Å². The smallest absolute Gasteiger partial charge is 0.294 e. The molecule has 2 aromatic rings. The minimum atomic E-state index is -1.04. The average molecular weight is 455 g/mol. The Morgan fingerprint density at radius 3 is 2.35 bits per heavy atom. The summed E-state index contributed by atoms with van der Waals surface area (Å²) >= 11 is 1.84. The van der Waals surface area contributed by atoms with Crippen molar-refractivity contribution >= 4 is 21.4 Å². The molecule has 0 amide bonds. The number of likely N-dealkylation sites (tertiary alicyclic amines) is 1. The number of piperidine rings is 1. The maximum absolute atomic E-state index is 10.3. The number of nitrogens with zero attached hydrogens (tertiary/aromatic N) is 3. The Morgan fingerprint density at radius 2 is 1.74 bits per heavy atom. The van der Waals surface area contributed by atoms with E-state index in [0.717, 1.165) is 25.9 Å². The summed E-state index contributed by atoms with van der Waals surface area (Å²) in [6, 6.07) is 10.6. The number of hydrogen-bond acceptors (Lipinski definition) is 10. The molecule has 1 aliphatic rings. The van der Waals surface area contributed by atoms with Crippen LogP contribution in [0.3, 0.4) is 0 Å². The largest absolute Gasteiger partial charge is 0.389 e. The lowest BCUT2D eigenvalue weighted by atomic mass is 9.95. The molecule has 170 valence electrons. The fourth-order valence-corrected chi connectivity index (χ4v) is 4.87. The van der Waals surface area contributed by atoms with E-state index in [2.05, 4.69) is 32.8 Å². The van der Waals surface area contributed by atoms with Crippen LogP contribution in [0, 0.1) is 20.2 Å². The number of β-amino-alcohol motifs (C(OH)–C–C–N with tert-alkyl or cyclic N) is 1. The number of benzene rings is 1. The first-order chi connectivity index (χ1) is 14.9. The lowest BCUT2D eigenvalue weighted by molar-refractivity contribution is -0.769. The van der Waals surface area contributed by atoms with Crippen LogP contribution >= 0.6 is 11.3 Å². The molecule has 11 nitrogen and oxygen atoms in total. The van der Waals surface area contributed by atoms with Gasteiger partial charge in [-0.25, -0.2) is 0 Å². The molecule has 1 atom stereocenters. The quantitative estimate of drug-likeness (QED) is 0.377. The zero-order chi connectivity index (χ0) is 22.2. The molecule has 1 fully saturated rings. The van der Waals surface area contributed by atoms with Gasteiger partial charge in [0.15, 0.2) is 0 Å². The molecule has 1 saturated heterocycles. The molecule has 0 unspecified atom stereocenters. The van der Waals surface area contributed by atoms with Gasteiger partial charge in [-0.3, -0.25) is 0 Å². The Balaban J connectivity index is 1.41. The third kappa shape index (κ3) is 7.28. The van der Waals surface area contributed by atoms with E-state index in [4.69, 9.17) is 4.74 Å². The van der Waals surface area contributed by atoms with E-state index in [9.17, 15) is 25.3 Å². The van der Waals surface area contributed by atoms with Crippen LogP contribution in [-0.4, -0.2) is 71.8 Å². The van der Waals surface area contributed by atoms with Crippen molar-refractivity contribution in [2.45, 2.75) is 31.0 Å². The van der Waals surface area contributed by atoms with Crippen LogP contribution < -0.4 is 0 Å². The molecule has 0 aliphatic carbocycles. The number of hydrogen-bond donors (Lipinski definition) is 1. The van der Waals surface area contributed by atoms with Crippen LogP contribution in [0.5, 0.6) is 0 Å². The van der Waals surface area contributed by atoms with Gasteiger partial charge in [0.2, 0.25) is 0 Å². The Bertz CT molecular complexity index is 820. The van der Waals surface area contributed by atoms with Crippen molar-refractivity contribution in [2.75, 3.05) is 39.5 Å². The van der Waals surface area contributed by atoms with Gasteiger partial charge in [0, 0.05) is 16.1 Å². The number of ether oxygens (including phenoxy) is 1. The van der Waals surface area contributed by atoms with Crippen molar-refractivity contribution in [2.24, 2.45) is 0 Å². The molecule has 0 bridgehead atoms. The summed E-state index contributed by atoms with van der Waals surface area (Å²) < 4.78 is 6.63. The lowest BCUT2D eigenvalue weighted by Gasteiger charge is -2.33. The highest BCUT2D eigenvalue weighted by molar-refractivity contribution is 7.19. The molecule has 31 heavy (non-hydrogen) atoms. The summed E-state index contributed by atoms with van der Waals surface area (Å²) in [4.78, 5) is 32.6. The minimum absolute atomic E-state index is 0.136. The van der Waals surface area contributed by atoms with Crippen LogP contribution in [0.25, 0.3) is 10.1 Å². The Morgan fingerprint density at radius 1 is 1.10 bits per heavy atom. The predicted octanol–water partition coefficient (Wildman–Crippen LogP) is 2.24. The van der Waals surface area contributed by atoms with E-state index >= 15 is 0 Å². The maximum Gasteiger partial charge on any atom is 0.294 e. The molecule has 1 aromatic heterocycles. The normalized spacial score (nSPS) is 16.5. The van der Waals surface area contributed by atoms with Crippen molar-refractivity contribution in [3.63, 3.8) is 0 Å². The predicted molar refractivity (Wildman–Crippen MR) is 112 cm³/mol. The van der Waals surface area contributed by atoms with E-state index in [-0.39, 0.29) is 6.61 Å². The van der Waals surface area contributed by atoms with Gasteiger partial charge in [0.1, 0.15) is 19.3 Å². The average Bonchev–Trinajstić information content (AvgIpc) is 3.17. The number of thiophene rings is 1. The summed E-state index contributed by atoms with van der Waals surface area (Å²) in [6.07, 6.45) is 0.117. The van der Waals surface area contributed by atoms with Crippen LogP contribution in [-0.2, 0) is 14.4 Å². The molecule has 0 radical (unpaired) electrons. The topological polar surface area (TPSA) is 137 Å². The van der Waals surface area contributed by atoms with E-state index in [1.807, 2.05) is 23.5 Å². The van der Waals surface area contributed by atoms with E-state index in [1.54, 1.807) is 0 Å². The highest BCUT2D eigenvalue weighted by atomic mass is 32.1.